The molecule has 4 aromatic carbocycles. The Kier molecular flexibility index (Phi) is 16.8. The van der Waals surface area contributed by atoms with Gasteiger partial charge in [0, 0.05) is 41.5 Å². The van der Waals surface area contributed by atoms with Crippen LogP contribution >= 0.6 is 34.8 Å². The molecular formula is C52H61Cl3N2O8. The first-order valence-electron chi connectivity index (χ1n) is 21.3. The number of esters is 1. The molecule has 348 valence electrons. The highest BCUT2D eigenvalue weighted by Gasteiger charge is 2.46. The number of aliphatic hydroxyl groups is 3. The quantitative estimate of drug-likeness (QED) is 0.0818. The fourth-order valence-electron chi connectivity index (χ4n) is 7.51. The van der Waals surface area contributed by atoms with E-state index in [-0.39, 0.29) is 60.0 Å². The topological polar surface area (TPSA) is 162 Å². The van der Waals surface area contributed by atoms with Gasteiger partial charge in [-0.25, -0.2) is 0 Å². The van der Waals surface area contributed by atoms with E-state index in [0.29, 0.717) is 21.2 Å². The average Bonchev–Trinajstić information content (AvgIpc) is 3.56. The molecule has 2 atom stereocenters. The Morgan fingerprint density at radius 2 is 0.938 bits per heavy atom. The van der Waals surface area contributed by atoms with Gasteiger partial charge in [-0.3, -0.25) is 19.2 Å². The molecule has 0 saturated heterocycles. The van der Waals surface area contributed by atoms with Gasteiger partial charge in [-0.1, -0.05) is 92.5 Å². The van der Waals surface area contributed by atoms with Gasteiger partial charge in [-0.15, -0.1) is 0 Å². The van der Waals surface area contributed by atoms with Crippen LogP contribution in [0.1, 0.15) is 102 Å². The molecule has 2 amide bonds. The Morgan fingerprint density at radius 3 is 1.29 bits per heavy atom. The Hall–Kier alpha value is -4.97. The van der Waals surface area contributed by atoms with Crippen molar-refractivity contribution in [3.05, 3.63) is 128 Å². The van der Waals surface area contributed by atoms with Gasteiger partial charge >= 0.3 is 5.97 Å². The summed E-state index contributed by atoms with van der Waals surface area (Å²) in [5.41, 5.74) is 6.73. The lowest BCUT2D eigenvalue weighted by molar-refractivity contribution is -0.149. The van der Waals surface area contributed by atoms with Gasteiger partial charge in [0.2, 0.25) is 5.24 Å². The summed E-state index contributed by atoms with van der Waals surface area (Å²) in [5.74, 6) is -0.810. The molecule has 0 aliphatic carbocycles. The molecule has 65 heavy (non-hydrogen) atoms. The van der Waals surface area contributed by atoms with Crippen molar-refractivity contribution in [1.82, 2.24) is 10.6 Å². The number of aliphatic hydroxyl groups excluding tert-OH is 3. The van der Waals surface area contributed by atoms with Gasteiger partial charge in [0.1, 0.15) is 11.5 Å². The van der Waals surface area contributed by atoms with E-state index in [9.17, 15) is 34.5 Å². The molecule has 0 fully saturated rings. The van der Waals surface area contributed by atoms with E-state index < -0.39 is 22.5 Å². The normalized spacial score (nSPS) is 18.4. The minimum atomic E-state index is -0.976. The molecule has 5 N–H and O–H groups in total. The van der Waals surface area contributed by atoms with Gasteiger partial charge < -0.3 is 30.7 Å². The van der Waals surface area contributed by atoms with Crippen LogP contribution in [0.25, 0.3) is 33.4 Å². The van der Waals surface area contributed by atoms with Crippen molar-refractivity contribution in [2.24, 2.45) is 10.8 Å². The summed E-state index contributed by atoms with van der Waals surface area (Å²) in [6, 6.07) is 23.2. The molecule has 0 saturated carbocycles. The Bertz CT molecular complexity index is 2490. The van der Waals surface area contributed by atoms with Crippen molar-refractivity contribution in [3.63, 3.8) is 0 Å². The highest BCUT2D eigenvalue weighted by atomic mass is 35.5. The lowest BCUT2D eigenvalue weighted by atomic mass is 9.88. The second-order valence-corrected chi connectivity index (χ2v) is 20.3. The largest absolute Gasteiger partial charge is 0.509 e. The molecule has 0 radical (unpaired) electrons. The van der Waals surface area contributed by atoms with E-state index in [1.807, 2.05) is 100 Å². The first kappa shape index (κ1) is 52.7. The van der Waals surface area contributed by atoms with E-state index in [1.165, 1.54) is 0 Å². The lowest BCUT2D eigenvalue weighted by Crippen LogP contribution is -2.44. The first-order valence-corrected chi connectivity index (χ1v) is 22.4. The van der Waals surface area contributed by atoms with Crippen LogP contribution in [0.15, 0.2) is 84.3 Å². The standard InChI is InChI=1S/C26H30ClNO4.C21H22ClNO3.C5H9ClO/c1-15-13-18(17-7-9-19(27)10-8-17)14-16(2)20(15)21-22(32-24(31)25(3,4)5)26(6,11-12-29)28-23(21)30;1-12-10-15(14-4-6-16(22)7-5-14)11-13(2)17(12)18-19(25)21(3,8-9-24)23-20(18)26;1-5(2,3)4(6)7/h7-10,13-14,29H,11-12H2,1-6H3,(H,28,30);4-7,10-11,24-25H,8-9H2,1-3H3,(H,23,26);1-3H3. The van der Waals surface area contributed by atoms with E-state index in [0.717, 1.165) is 55.6 Å². The average molecular weight is 948 g/mol. The number of rotatable bonds is 9. The van der Waals surface area contributed by atoms with E-state index in [2.05, 4.69) is 10.6 Å². The third kappa shape index (κ3) is 12.3. The fourth-order valence-corrected chi connectivity index (χ4v) is 7.76. The minimum absolute atomic E-state index is 0.0120. The van der Waals surface area contributed by atoms with Gasteiger partial charge in [-0.2, -0.15) is 0 Å². The number of carbonyl (C=O) groups is 4. The fraction of sp³-hybridized carbons (Fsp3) is 0.385. The smallest absolute Gasteiger partial charge is 0.316 e. The number of nitrogens with one attached hydrogen (secondary N) is 2. The summed E-state index contributed by atoms with van der Waals surface area (Å²) < 4.78 is 5.85. The summed E-state index contributed by atoms with van der Waals surface area (Å²) in [6.07, 6.45) is 0.491. The van der Waals surface area contributed by atoms with Gasteiger partial charge in [0.25, 0.3) is 11.8 Å². The molecule has 0 bridgehead atoms. The summed E-state index contributed by atoms with van der Waals surface area (Å²) in [7, 11) is 0. The number of benzene rings is 4. The zero-order valence-corrected chi connectivity index (χ0v) is 41.5. The summed E-state index contributed by atoms with van der Waals surface area (Å²) >= 11 is 17.1. The van der Waals surface area contributed by atoms with Crippen molar-refractivity contribution in [2.45, 2.75) is 107 Å². The third-order valence-electron chi connectivity index (χ3n) is 11.3. The number of aryl methyl sites for hydroxylation is 4. The van der Waals surface area contributed by atoms with Crippen molar-refractivity contribution in [2.75, 3.05) is 13.2 Å². The number of hydrogen-bond acceptors (Lipinski definition) is 8. The molecule has 2 aliphatic rings. The van der Waals surface area contributed by atoms with Crippen LogP contribution < -0.4 is 10.6 Å². The predicted molar refractivity (Wildman–Crippen MR) is 262 cm³/mol. The van der Waals surface area contributed by atoms with Gasteiger partial charge in [0.05, 0.1) is 27.6 Å². The SMILES string of the molecule is CC(C)(C)C(=O)Cl.Cc1cc(-c2ccc(Cl)cc2)cc(C)c1C1=C(O)C(C)(CCO)NC1=O.Cc1cc(-c2ccc(Cl)cc2)cc(C)c1C1=C(OC(=O)C(C)(C)C)C(C)(CCO)NC1=O. The lowest BCUT2D eigenvalue weighted by Gasteiger charge is -2.28. The highest BCUT2D eigenvalue weighted by molar-refractivity contribution is 6.64. The third-order valence-corrected chi connectivity index (χ3v) is 12.3. The van der Waals surface area contributed by atoms with E-state index >= 15 is 0 Å². The molecular weight excluding hydrogens is 887 g/mol. The molecule has 0 spiro atoms. The van der Waals surface area contributed by atoms with Crippen molar-refractivity contribution < 1.29 is 39.2 Å². The van der Waals surface area contributed by atoms with Crippen LogP contribution in [0.3, 0.4) is 0 Å². The molecule has 6 rings (SSSR count). The number of carbonyl (C=O) groups excluding carboxylic acids is 4. The van der Waals surface area contributed by atoms with Gasteiger partial charge in [0.15, 0.2) is 0 Å². The van der Waals surface area contributed by atoms with Crippen LogP contribution in [0.4, 0.5) is 0 Å². The number of halogens is 3. The molecule has 10 nitrogen and oxygen atoms in total. The summed E-state index contributed by atoms with van der Waals surface area (Å²) in [6.45, 7) is 21.6. The maximum atomic E-state index is 13.1. The maximum Gasteiger partial charge on any atom is 0.316 e. The monoisotopic (exact) mass is 946 g/mol. The predicted octanol–water partition coefficient (Wildman–Crippen LogP) is 11.2. The zero-order chi connectivity index (χ0) is 49.0. The second kappa shape index (κ2) is 20.7. The molecule has 0 aromatic heterocycles. The van der Waals surface area contributed by atoms with E-state index in [1.54, 1.807) is 55.4 Å². The van der Waals surface area contributed by atoms with E-state index in [4.69, 9.17) is 39.5 Å². The minimum Gasteiger partial charge on any atom is -0.509 e. The molecule has 4 aromatic rings. The number of amides is 2. The van der Waals surface area contributed by atoms with Crippen LogP contribution in [-0.2, 0) is 23.9 Å². The Balaban J connectivity index is 0.000000252. The van der Waals surface area contributed by atoms with Crippen molar-refractivity contribution in [3.8, 4) is 22.3 Å². The van der Waals surface area contributed by atoms with Gasteiger partial charge in [-0.05, 0) is 154 Å². The molecule has 13 heteroatoms. The highest BCUT2D eigenvalue weighted by Crippen LogP contribution is 2.42. The van der Waals surface area contributed by atoms with Crippen molar-refractivity contribution >= 4 is 69.0 Å². The molecule has 2 aliphatic heterocycles. The van der Waals surface area contributed by atoms with Crippen LogP contribution in [0.5, 0.6) is 0 Å². The number of ether oxygens (including phenoxy) is 1. The summed E-state index contributed by atoms with van der Waals surface area (Å²) in [4.78, 5) is 48.7. The second-order valence-electron chi connectivity index (χ2n) is 19.1. The Morgan fingerprint density at radius 1 is 0.600 bits per heavy atom. The first-order chi connectivity index (χ1) is 30.1. The Labute approximate surface area is 398 Å². The molecule has 2 unspecified atom stereocenters. The van der Waals surface area contributed by atoms with Crippen LogP contribution in [-0.4, -0.2) is 62.6 Å². The summed E-state index contributed by atoms with van der Waals surface area (Å²) in [5, 5.41) is 36.4. The maximum absolute atomic E-state index is 13.1. The number of hydrogen-bond donors (Lipinski definition) is 5. The zero-order valence-electron chi connectivity index (χ0n) is 39.3. The van der Waals surface area contributed by atoms with Crippen molar-refractivity contribution in [1.29, 1.82) is 0 Å². The van der Waals surface area contributed by atoms with Crippen LogP contribution in [0.2, 0.25) is 10.0 Å². The molecule has 2 heterocycles. The van der Waals surface area contributed by atoms with Crippen LogP contribution in [0, 0.1) is 38.5 Å².